The molecule has 0 saturated carbocycles. The lowest BCUT2D eigenvalue weighted by molar-refractivity contribution is 0.0760. The maximum atomic E-state index is 12.5. The summed E-state index contributed by atoms with van der Waals surface area (Å²) in [5.74, 6) is 1.54. The summed E-state index contributed by atoms with van der Waals surface area (Å²) in [6.45, 7) is 7.29. The third-order valence-corrected chi connectivity index (χ3v) is 4.36. The Bertz CT molecular complexity index is 456. The summed E-state index contributed by atoms with van der Waals surface area (Å²) in [6, 6.07) is 0. The largest absolute Gasteiger partial charge is 0.465 e. The Balaban J connectivity index is 2.20. The van der Waals surface area contributed by atoms with Gasteiger partial charge in [0.1, 0.15) is 11.5 Å². The van der Waals surface area contributed by atoms with Gasteiger partial charge in [0.2, 0.25) is 0 Å². The van der Waals surface area contributed by atoms with Crippen molar-refractivity contribution in [2.24, 2.45) is 0 Å². The first-order valence-corrected chi connectivity index (χ1v) is 7.03. The van der Waals surface area contributed by atoms with E-state index in [1.54, 1.807) is 0 Å². The van der Waals surface area contributed by atoms with Gasteiger partial charge in [0, 0.05) is 19.6 Å². The molecule has 0 N–H and O–H groups in total. The number of furan rings is 1. The summed E-state index contributed by atoms with van der Waals surface area (Å²) in [5.41, 5.74) is 0.678. The predicted molar refractivity (Wildman–Crippen MR) is 73.9 cm³/mol. The average molecular weight is 315 g/mol. The van der Waals surface area contributed by atoms with E-state index in [2.05, 4.69) is 27.9 Å². The zero-order valence-electron chi connectivity index (χ0n) is 11.1. The molecule has 0 bridgehead atoms. The summed E-state index contributed by atoms with van der Waals surface area (Å²) in [4.78, 5) is 16.7. The van der Waals surface area contributed by atoms with Crippen molar-refractivity contribution < 1.29 is 9.21 Å². The van der Waals surface area contributed by atoms with E-state index in [9.17, 15) is 4.79 Å². The van der Waals surface area contributed by atoms with Crippen molar-refractivity contribution in [1.29, 1.82) is 0 Å². The molecular weight excluding hydrogens is 296 g/mol. The smallest absolute Gasteiger partial charge is 0.258 e. The average Bonchev–Trinajstić information content (AvgIpc) is 2.51. The lowest BCUT2D eigenvalue weighted by Gasteiger charge is -2.20. The van der Waals surface area contributed by atoms with Crippen LogP contribution in [-0.4, -0.2) is 48.9 Å². The van der Waals surface area contributed by atoms with Crippen LogP contribution in [0.3, 0.4) is 0 Å². The Kier molecular flexibility index (Phi) is 4.12. The second-order valence-corrected chi connectivity index (χ2v) is 5.65. The third-order valence-electron chi connectivity index (χ3n) is 3.41. The normalized spacial score (nSPS) is 17.9. The Morgan fingerprint density at radius 2 is 1.89 bits per heavy atom. The van der Waals surface area contributed by atoms with Crippen molar-refractivity contribution in [1.82, 2.24) is 9.80 Å². The molecule has 1 saturated heterocycles. The summed E-state index contributed by atoms with van der Waals surface area (Å²) < 4.78 is 6.30. The molecule has 2 heterocycles. The summed E-state index contributed by atoms with van der Waals surface area (Å²) >= 11 is 3.45. The quantitative estimate of drug-likeness (QED) is 0.799. The maximum Gasteiger partial charge on any atom is 0.258 e. The summed E-state index contributed by atoms with van der Waals surface area (Å²) in [6.07, 6.45) is 1.02. The monoisotopic (exact) mass is 314 g/mol. The molecular formula is C13H19BrN2O2. The summed E-state index contributed by atoms with van der Waals surface area (Å²) in [5, 5.41) is 0. The van der Waals surface area contributed by atoms with Crippen LogP contribution in [0.5, 0.6) is 0 Å². The van der Waals surface area contributed by atoms with E-state index in [4.69, 9.17) is 4.42 Å². The van der Waals surface area contributed by atoms with Gasteiger partial charge in [-0.25, -0.2) is 0 Å². The Morgan fingerprint density at radius 1 is 1.17 bits per heavy atom. The minimum Gasteiger partial charge on any atom is -0.465 e. The molecule has 1 aliphatic heterocycles. The second kappa shape index (κ2) is 5.45. The van der Waals surface area contributed by atoms with Crippen LogP contribution in [0.2, 0.25) is 0 Å². The van der Waals surface area contributed by atoms with Gasteiger partial charge in [0.05, 0.1) is 10.0 Å². The van der Waals surface area contributed by atoms with E-state index in [-0.39, 0.29) is 5.91 Å². The Hall–Kier alpha value is -0.810. The van der Waals surface area contributed by atoms with Crippen LogP contribution < -0.4 is 0 Å². The van der Waals surface area contributed by atoms with Gasteiger partial charge in [-0.3, -0.25) is 4.79 Å². The van der Waals surface area contributed by atoms with Crippen molar-refractivity contribution in [3.63, 3.8) is 0 Å². The molecule has 0 spiro atoms. The minimum atomic E-state index is 0.0755. The standard InChI is InChI=1S/C13H19BrN2O2/c1-9-11(12(14)10(2)18-9)13(17)16-6-4-5-15(3)7-8-16/h4-8H2,1-3H3. The Morgan fingerprint density at radius 3 is 2.50 bits per heavy atom. The van der Waals surface area contributed by atoms with Crippen molar-refractivity contribution in [2.75, 3.05) is 33.2 Å². The highest BCUT2D eigenvalue weighted by atomic mass is 79.9. The first-order chi connectivity index (χ1) is 8.50. The number of nitrogens with zero attached hydrogens (tertiary/aromatic N) is 2. The molecule has 0 aliphatic carbocycles. The van der Waals surface area contributed by atoms with Crippen LogP contribution in [0.15, 0.2) is 8.89 Å². The van der Waals surface area contributed by atoms with Crippen molar-refractivity contribution in [3.8, 4) is 0 Å². The van der Waals surface area contributed by atoms with E-state index in [1.807, 2.05) is 18.7 Å². The number of aryl methyl sites for hydroxylation is 2. The molecule has 1 aromatic rings. The molecule has 0 unspecified atom stereocenters. The number of amides is 1. The number of carbonyl (C=O) groups excluding carboxylic acids is 1. The van der Waals surface area contributed by atoms with Crippen LogP contribution in [0.25, 0.3) is 0 Å². The van der Waals surface area contributed by atoms with Gasteiger partial charge in [-0.1, -0.05) is 0 Å². The van der Waals surface area contributed by atoms with Crippen molar-refractivity contribution in [2.45, 2.75) is 20.3 Å². The van der Waals surface area contributed by atoms with Gasteiger partial charge in [0.25, 0.3) is 5.91 Å². The molecule has 0 aromatic carbocycles. The van der Waals surface area contributed by atoms with E-state index < -0.39 is 0 Å². The number of hydrogen-bond acceptors (Lipinski definition) is 3. The highest BCUT2D eigenvalue weighted by molar-refractivity contribution is 9.10. The van der Waals surface area contributed by atoms with Crippen molar-refractivity contribution >= 4 is 21.8 Å². The fraction of sp³-hybridized carbons (Fsp3) is 0.615. The number of rotatable bonds is 1. The fourth-order valence-electron chi connectivity index (χ4n) is 2.31. The van der Waals surface area contributed by atoms with Gasteiger partial charge in [0.15, 0.2) is 0 Å². The first-order valence-electron chi connectivity index (χ1n) is 6.24. The van der Waals surface area contributed by atoms with Crippen LogP contribution in [-0.2, 0) is 0 Å². The molecule has 1 amide bonds. The van der Waals surface area contributed by atoms with E-state index in [0.717, 1.165) is 42.8 Å². The van der Waals surface area contributed by atoms with Gasteiger partial charge in [-0.2, -0.15) is 0 Å². The van der Waals surface area contributed by atoms with Crippen LogP contribution >= 0.6 is 15.9 Å². The molecule has 2 rings (SSSR count). The number of hydrogen-bond donors (Lipinski definition) is 0. The van der Waals surface area contributed by atoms with Gasteiger partial charge >= 0.3 is 0 Å². The lowest BCUT2D eigenvalue weighted by atomic mass is 10.2. The first kappa shape index (κ1) is 13.6. The predicted octanol–water partition coefficient (Wildman–Crippen LogP) is 2.44. The summed E-state index contributed by atoms with van der Waals surface area (Å²) in [7, 11) is 2.09. The maximum absolute atomic E-state index is 12.5. The SMILES string of the molecule is Cc1oc(C)c(C(=O)N2CCCN(C)CC2)c1Br. The molecule has 18 heavy (non-hydrogen) atoms. The zero-order valence-corrected chi connectivity index (χ0v) is 12.7. The second-order valence-electron chi connectivity index (χ2n) is 4.85. The number of likely N-dealkylation sites (N-methyl/N-ethyl adjacent to an activating group) is 1. The number of carbonyl (C=O) groups is 1. The Labute approximate surface area is 116 Å². The van der Waals surface area contributed by atoms with Gasteiger partial charge in [-0.15, -0.1) is 0 Å². The molecule has 4 nitrogen and oxygen atoms in total. The number of halogens is 1. The van der Waals surface area contributed by atoms with Crippen molar-refractivity contribution in [3.05, 3.63) is 21.6 Å². The third kappa shape index (κ3) is 2.62. The fourth-order valence-corrected chi connectivity index (χ4v) is 2.84. The molecule has 5 heteroatoms. The van der Waals surface area contributed by atoms with E-state index >= 15 is 0 Å². The van der Waals surface area contributed by atoms with E-state index in [1.165, 1.54) is 0 Å². The van der Waals surface area contributed by atoms with Gasteiger partial charge < -0.3 is 14.2 Å². The zero-order chi connectivity index (χ0) is 13.3. The van der Waals surface area contributed by atoms with Crippen LogP contribution in [0.1, 0.15) is 28.3 Å². The highest BCUT2D eigenvalue weighted by Gasteiger charge is 2.25. The van der Waals surface area contributed by atoms with E-state index in [0.29, 0.717) is 11.3 Å². The highest BCUT2D eigenvalue weighted by Crippen LogP contribution is 2.28. The molecule has 0 radical (unpaired) electrons. The molecule has 1 aromatic heterocycles. The van der Waals surface area contributed by atoms with Crippen LogP contribution in [0, 0.1) is 13.8 Å². The molecule has 1 aliphatic rings. The van der Waals surface area contributed by atoms with Gasteiger partial charge in [-0.05, 0) is 49.8 Å². The molecule has 1 fully saturated rings. The molecule has 0 atom stereocenters. The minimum absolute atomic E-state index is 0.0755. The molecule has 100 valence electrons. The van der Waals surface area contributed by atoms with Crippen LogP contribution in [0.4, 0.5) is 0 Å². The lowest BCUT2D eigenvalue weighted by Crippen LogP contribution is -2.34. The topological polar surface area (TPSA) is 36.7 Å².